The quantitative estimate of drug-likeness (QED) is 0.712. The lowest BCUT2D eigenvalue weighted by Gasteiger charge is -2.18. The smallest absolute Gasteiger partial charge is 0.0708 e. The minimum absolute atomic E-state index is 0.124. The van der Waals surface area contributed by atoms with Crippen LogP contribution in [-0.4, -0.2) is 9.97 Å². The molecule has 2 aromatic carbocycles. The summed E-state index contributed by atoms with van der Waals surface area (Å²) in [5.41, 5.74) is 5.45. The van der Waals surface area contributed by atoms with E-state index in [0.717, 1.165) is 17.1 Å². The van der Waals surface area contributed by atoms with Gasteiger partial charge >= 0.3 is 0 Å². The van der Waals surface area contributed by atoms with Crippen LogP contribution in [0.1, 0.15) is 34.1 Å². The number of benzene rings is 2. The number of nitrogens with zero attached hydrogens (tertiary/aromatic N) is 2. The van der Waals surface area contributed by atoms with Crippen molar-refractivity contribution in [2.45, 2.75) is 19.8 Å². The number of aromatic nitrogens is 2. The second-order valence-electron chi connectivity index (χ2n) is 5.22. The lowest BCUT2D eigenvalue weighted by Crippen LogP contribution is -2.08. The van der Waals surface area contributed by atoms with E-state index in [1.807, 2.05) is 32.2 Å². The summed E-state index contributed by atoms with van der Waals surface area (Å²) >= 11 is 0. The van der Waals surface area contributed by atoms with Gasteiger partial charge in [-0.15, -0.1) is 0 Å². The normalized spacial score (nSPS) is 10.8. The van der Waals surface area contributed by atoms with Crippen LogP contribution in [0.25, 0.3) is 0 Å². The Morgan fingerprint density at radius 2 is 1.24 bits per heavy atom. The average molecular weight is 274 g/mol. The maximum Gasteiger partial charge on any atom is 0.0708 e. The molecule has 0 spiro atoms. The van der Waals surface area contributed by atoms with Crippen molar-refractivity contribution in [2.24, 2.45) is 0 Å². The summed E-state index contributed by atoms with van der Waals surface area (Å²) in [5, 5.41) is 0. The van der Waals surface area contributed by atoms with Crippen LogP contribution in [0.4, 0.5) is 0 Å². The molecule has 0 bridgehead atoms. The zero-order valence-corrected chi connectivity index (χ0v) is 12.3. The third-order valence-electron chi connectivity index (χ3n) is 3.77. The van der Waals surface area contributed by atoms with Crippen molar-refractivity contribution in [3.05, 3.63) is 95.1 Å². The standard InChI is InChI=1S/C19H18N2/c1-14-15(2)21-18(13-20-14)19(16-9-5-3-6-10-16)17-11-7-4-8-12-17/h3-13,19H,1-2H3. The Balaban J connectivity index is 2.14. The third-order valence-corrected chi connectivity index (χ3v) is 3.77. The molecule has 2 nitrogen and oxygen atoms in total. The average Bonchev–Trinajstić information content (AvgIpc) is 2.53. The van der Waals surface area contributed by atoms with Gasteiger partial charge in [-0.3, -0.25) is 9.97 Å². The molecule has 0 aliphatic rings. The van der Waals surface area contributed by atoms with Crippen LogP contribution in [0.3, 0.4) is 0 Å². The highest BCUT2D eigenvalue weighted by molar-refractivity contribution is 5.40. The molecular formula is C19H18N2. The summed E-state index contributed by atoms with van der Waals surface area (Å²) in [6, 6.07) is 20.9. The molecule has 0 saturated heterocycles. The molecule has 0 atom stereocenters. The van der Waals surface area contributed by atoms with E-state index in [1.165, 1.54) is 11.1 Å². The first-order chi connectivity index (χ1) is 10.3. The number of hydrogen-bond acceptors (Lipinski definition) is 2. The van der Waals surface area contributed by atoms with Crippen molar-refractivity contribution in [3.8, 4) is 0 Å². The highest BCUT2D eigenvalue weighted by Gasteiger charge is 2.18. The summed E-state index contributed by atoms with van der Waals surface area (Å²) in [4.78, 5) is 9.25. The molecular weight excluding hydrogens is 256 g/mol. The predicted molar refractivity (Wildman–Crippen MR) is 85.3 cm³/mol. The molecule has 0 radical (unpaired) electrons. The second kappa shape index (κ2) is 5.88. The second-order valence-corrected chi connectivity index (χ2v) is 5.22. The van der Waals surface area contributed by atoms with Gasteiger partial charge in [0.25, 0.3) is 0 Å². The summed E-state index contributed by atoms with van der Waals surface area (Å²) in [5.74, 6) is 0.124. The molecule has 0 unspecified atom stereocenters. The Hall–Kier alpha value is -2.48. The minimum atomic E-state index is 0.124. The van der Waals surface area contributed by atoms with Crippen LogP contribution in [0.5, 0.6) is 0 Å². The maximum absolute atomic E-state index is 4.76. The molecule has 1 heterocycles. The van der Waals surface area contributed by atoms with Crippen molar-refractivity contribution in [3.63, 3.8) is 0 Å². The molecule has 1 aromatic heterocycles. The maximum atomic E-state index is 4.76. The highest BCUT2D eigenvalue weighted by atomic mass is 14.8. The van der Waals surface area contributed by atoms with Gasteiger partial charge in [-0.2, -0.15) is 0 Å². The lowest BCUT2D eigenvalue weighted by atomic mass is 9.88. The van der Waals surface area contributed by atoms with Crippen molar-refractivity contribution in [1.29, 1.82) is 0 Å². The van der Waals surface area contributed by atoms with Gasteiger partial charge in [0, 0.05) is 6.20 Å². The Labute approximate surface area is 125 Å². The van der Waals surface area contributed by atoms with Crippen molar-refractivity contribution < 1.29 is 0 Å². The number of hydrogen-bond donors (Lipinski definition) is 0. The van der Waals surface area contributed by atoms with E-state index in [9.17, 15) is 0 Å². The van der Waals surface area contributed by atoms with Gasteiger partial charge < -0.3 is 0 Å². The summed E-state index contributed by atoms with van der Waals surface area (Å²) in [6.45, 7) is 4.00. The van der Waals surface area contributed by atoms with E-state index in [2.05, 4.69) is 53.5 Å². The number of rotatable bonds is 3. The SMILES string of the molecule is Cc1ncc(C(c2ccccc2)c2ccccc2)nc1C. The fraction of sp³-hybridized carbons (Fsp3) is 0.158. The van der Waals surface area contributed by atoms with Gasteiger partial charge in [0.2, 0.25) is 0 Å². The summed E-state index contributed by atoms with van der Waals surface area (Å²) in [7, 11) is 0. The van der Waals surface area contributed by atoms with Crippen molar-refractivity contribution in [2.75, 3.05) is 0 Å². The van der Waals surface area contributed by atoms with Crippen LogP contribution in [-0.2, 0) is 0 Å². The fourth-order valence-electron chi connectivity index (χ4n) is 2.52. The summed E-state index contributed by atoms with van der Waals surface area (Å²) < 4.78 is 0. The molecule has 3 aromatic rings. The fourth-order valence-corrected chi connectivity index (χ4v) is 2.52. The molecule has 0 aliphatic heterocycles. The topological polar surface area (TPSA) is 25.8 Å². The van der Waals surface area contributed by atoms with Crippen LogP contribution in [0.15, 0.2) is 66.9 Å². The van der Waals surface area contributed by atoms with Crippen molar-refractivity contribution in [1.82, 2.24) is 9.97 Å². The largest absolute Gasteiger partial charge is 0.258 e. The molecule has 0 aliphatic carbocycles. The molecule has 3 rings (SSSR count). The Morgan fingerprint density at radius 3 is 1.71 bits per heavy atom. The summed E-state index contributed by atoms with van der Waals surface area (Å²) in [6.07, 6.45) is 1.90. The number of aryl methyl sites for hydroxylation is 2. The molecule has 2 heteroatoms. The van der Waals surface area contributed by atoms with Crippen LogP contribution < -0.4 is 0 Å². The van der Waals surface area contributed by atoms with E-state index in [0.29, 0.717) is 0 Å². The van der Waals surface area contributed by atoms with Crippen LogP contribution in [0.2, 0.25) is 0 Å². The first-order valence-corrected chi connectivity index (χ1v) is 7.16. The molecule has 0 fully saturated rings. The van der Waals surface area contributed by atoms with Crippen molar-refractivity contribution >= 4 is 0 Å². The van der Waals surface area contributed by atoms with Gasteiger partial charge in [0.1, 0.15) is 0 Å². The molecule has 0 saturated carbocycles. The van der Waals surface area contributed by atoms with Gasteiger partial charge in [0.15, 0.2) is 0 Å². The molecule has 0 amide bonds. The van der Waals surface area contributed by atoms with E-state index < -0.39 is 0 Å². The molecule has 0 N–H and O–H groups in total. The third kappa shape index (κ3) is 2.84. The van der Waals surface area contributed by atoms with Gasteiger partial charge in [-0.05, 0) is 25.0 Å². The first-order valence-electron chi connectivity index (χ1n) is 7.16. The Kier molecular flexibility index (Phi) is 3.78. The monoisotopic (exact) mass is 274 g/mol. The highest BCUT2D eigenvalue weighted by Crippen LogP contribution is 2.30. The zero-order chi connectivity index (χ0) is 14.7. The Morgan fingerprint density at radius 1 is 0.714 bits per heavy atom. The predicted octanol–water partition coefficient (Wildman–Crippen LogP) is 4.27. The van der Waals surface area contributed by atoms with Crippen LogP contribution in [0, 0.1) is 13.8 Å². The Bertz CT molecular complexity index is 682. The lowest BCUT2D eigenvalue weighted by molar-refractivity contribution is 0.872. The van der Waals surface area contributed by atoms with Gasteiger partial charge in [-0.25, -0.2) is 0 Å². The van der Waals surface area contributed by atoms with E-state index in [4.69, 9.17) is 4.98 Å². The molecule has 21 heavy (non-hydrogen) atoms. The zero-order valence-electron chi connectivity index (χ0n) is 12.3. The van der Waals surface area contributed by atoms with E-state index >= 15 is 0 Å². The first kappa shape index (κ1) is 13.5. The minimum Gasteiger partial charge on any atom is -0.258 e. The van der Waals surface area contributed by atoms with E-state index in [1.54, 1.807) is 0 Å². The van der Waals surface area contributed by atoms with E-state index in [-0.39, 0.29) is 5.92 Å². The van der Waals surface area contributed by atoms with Gasteiger partial charge in [-0.1, -0.05) is 60.7 Å². The van der Waals surface area contributed by atoms with Gasteiger partial charge in [0.05, 0.1) is 23.0 Å². The van der Waals surface area contributed by atoms with Crippen LogP contribution >= 0.6 is 0 Å². The molecule has 104 valence electrons.